The molecule has 1 atom stereocenters. The number of carbonyl (C=O) groups excluding carboxylic acids is 1. The predicted octanol–water partition coefficient (Wildman–Crippen LogP) is 0.958. The van der Waals surface area contributed by atoms with E-state index >= 15 is 0 Å². The van der Waals surface area contributed by atoms with Crippen molar-refractivity contribution in [2.24, 2.45) is 11.7 Å². The molecule has 1 aromatic heterocycles. The van der Waals surface area contributed by atoms with Gasteiger partial charge in [-0.3, -0.25) is 4.79 Å². The molecule has 104 valence electrons. The molecule has 1 aliphatic rings. The van der Waals surface area contributed by atoms with E-state index in [1.807, 2.05) is 12.1 Å². The van der Waals surface area contributed by atoms with Crippen molar-refractivity contribution >= 4 is 11.7 Å². The molecule has 0 aromatic carbocycles. The summed E-state index contributed by atoms with van der Waals surface area (Å²) in [5, 5.41) is 0. The molecule has 0 aliphatic carbocycles. The molecular weight excluding hydrogens is 240 g/mol. The van der Waals surface area contributed by atoms with E-state index in [1.54, 1.807) is 25.2 Å². The van der Waals surface area contributed by atoms with Gasteiger partial charge in [-0.15, -0.1) is 0 Å². The average Bonchev–Trinajstić information content (AvgIpc) is 2.87. The average molecular weight is 262 g/mol. The van der Waals surface area contributed by atoms with Gasteiger partial charge in [-0.25, -0.2) is 4.98 Å². The maximum absolute atomic E-state index is 11.8. The first-order chi connectivity index (χ1) is 9.11. The molecule has 2 N–H and O–H groups in total. The number of amides is 1. The van der Waals surface area contributed by atoms with Gasteiger partial charge in [0.1, 0.15) is 5.82 Å². The molecule has 0 saturated carbocycles. The van der Waals surface area contributed by atoms with Crippen LogP contribution in [0.2, 0.25) is 0 Å². The van der Waals surface area contributed by atoms with E-state index in [1.165, 1.54) is 6.42 Å². The van der Waals surface area contributed by atoms with E-state index < -0.39 is 0 Å². The van der Waals surface area contributed by atoms with Crippen molar-refractivity contribution in [1.82, 2.24) is 9.88 Å². The molecule has 1 aliphatic heterocycles. The van der Waals surface area contributed by atoms with Gasteiger partial charge in [0, 0.05) is 33.4 Å². The van der Waals surface area contributed by atoms with Gasteiger partial charge in [-0.1, -0.05) is 0 Å². The summed E-state index contributed by atoms with van der Waals surface area (Å²) in [6.07, 6.45) is 3.92. The van der Waals surface area contributed by atoms with Gasteiger partial charge >= 0.3 is 0 Å². The maximum atomic E-state index is 11.8. The molecule has 1 amide bonds. The van der Waals surface area contributed by atoms with Crippen LogP contribution in [0.4, 0.5) is 5.82 Å². The summed E-state index contributed by atoms with van der Waals surface area (Å²) < 4.78 is 0. The normalized spacial score (nSPS) is 18.7. The molecule has 0 bridgehead atoms. The topological polar surface area (TPSA) is 62.5 Å². The van der Waals surface area contributed by atoms with E-state index in [2.05, 4.69) is 9.88 Å². The van der Waals surface area contributed by atoms with Crippen molar-refractivity contribution in [2.75, 3.05) is 38.6 Å². The number of nitrogens with zero attached hydrogens (tertiary/aromatic N) is 3. The monoisotopic (exact) mass is 262 g/mol. The smallest absolute Gasteiger partial charge is 0.254 e. The van der Waals surface area contributed by atoms with Crippen LogP contribution in [-0.4, -0.2) is 49.5 Å². The van der Waals surface area contributed by atoms with Crippen LogP contribution in [0, 0.1) is 5.92 Å². The summed E-state index contributed by atoms with van der Waals surface area (Å²) in [6, 6.07) is 3.78. The van der Waals surface area contributed by atoms with Crippen LogP contribution >= 0.6 is 0 Å². The van der Waals surface area contributed by atoms with Crippen LogP contribution in [0.3, 0.4) is 0 Å². The summed E-state index contributed by atoms with van der Waals surface area (Å²) in [7, 11) is 3.49. The lowest BCUT2D eigenvalue weighted by atomic mass is 10.1. The minimum atomic E-state index is -0.0125. The zero-order valence-corrected chi connectivity index (χ0v) is 11.7. The summed E-state index contributed by atoms with van der Waals surface area (Å²) in [4.78, 5) is 20.0. The molecule has 5 heteroatoms. The minimum Gasteiger partial charge on any atom is -0.356 e. The fourth-order valence-electron chi connectivity index (χ4n) is 2.47. The second-order valence-electron chi connectivity index (χ2n) is 5.28. The lowest BCUT2D eigenvalue weighted by molar-refractivity contribution is 0.0827. The second-order valence-corrected chi connectivity index (χ2v) is 5.28. The highest BCUT2D eigenvalue weighted by atomic mass is 16.2. The molecule has 0 spiro atoms. The first-order valence-corrected chi connectivity index (χ1v) is 6.74. The molecule has 5 nitrogen and oxygen atoms in total. The van der Waals surface area contributed by atoms with E-state index in [0.29, 0.717) is 11.5 Å². The maximum Gasteiger partial charge on any atom is 0.254 e. The number of anilines is 1. The quantitative estimate of drug-likeness (QED) is 0.878. The second kappa shape index (κ2) is 6.02. The molecule has 0 radical (unpaired) electrons. The van der Waals surface area contributed by atoms with Crippen molar-refractivity contribution in [1.29, 1.82) is 0 Å². The molecule has 19 heavy (non-hydrogen) atoms. The number of hydrogen-bond acceptors (Lipinski definition) is 4. The third-order valence-corrected chi connectivity index (χ3v) is 3.59. The molecule has 1 unspecified atom stereocenters. The van der Waals surface area contributed by atoms with Crippen molar-refractivity contribution < 1.29 is 4.79 Å². The Kier molecular flexibility index (Phi) is 4.37. The van der Waals surface area contributed by atoms with Crippen LogP contribution in [0.5, 0.6) is 0 Å². The first kappa shape index (κ1) is 13.8. The summed E-state index contributed by atoms with van der Waals surface area (Å²) in [5.41, 5.74) is 6.23. The highest BCUT2D eigenvalue weighted by Crippen LogP contribution is 2.23. The van der Waals surface area contributed by atoms with E-state index in [-0.39, 0.29) is 5.91 Å². The number of rotatable bonds is 4. The van der Waals surface area contributed by atoms with Gasteiger partial charge in [0.2, 0.25) is 0 Å². The number of nitrogens with two attached hydrogens (primary N) is 1. The van der Waals surface area contributed by atoms with Crippen LogP contribution < -0.4 is 10.6 Å². The Morgan fingerprint density at radius 3 is 2.89 bits per heavy atom. The fourth-order valence-corrected chi connectivity index (χ4v) is 2.47. The zero-order valence-electron chi connectivity index (χ0n) is 11.7. The Labute approximate surface area is 114 Å². The molecular formula is C14H22N4O. The van der Waals surface area contributed by atoms with Crippen molar-refractivity contribution in [3.63, 3.8) is 0 Å². The van der Waals surface area contributed by atoms with Gasteiger partial charge in [0.15, 0.2) is 0 Å². The van der Waals surface area contributed by atoms with E-state index in [4.69, 9.17) is 5.73 Å². The predicted molar refractivity (Wildman–Crippen MR) is 76.2 cm³/mol. The Bertz CT molecular complexity index is 430. The van der Waals surface area contributed by atoms with Crippen LogP contribution in [0.1, 0.15) is 23.2 Å². The molecule has 2 rings (SSSR count). The lowest BCUT2D eigenvalue weighted by Gasteiger charge is -2.18. The standard InChI is InChI=1S/C14H22N4O/c1-17(2)14(19)12-3-4-13(16-9-12)18-8-6-11(10-18)5-7-15/h3-4,9,11H,5-8,10,15H2,1-2H3. The highest BCUT2D eigenvalue weighted by molar-refractivity contribution is 5.93. The molecule has 1 fully saturated rings. The van der Waals surface area contributed by atoms with E-state index in [0.717, 1.165) is 31.9 Å². The summed E-state index contributed by atoms with van der Waals surface area (Å²) >= 11 is 0. The van der Waals surface area contributed by atoms with Crippen LogP contribution in [0.15, 0.2) is 18.3 Å². The number of aromatic nitrogens is 1. The number of pyridine rings is 1. The van der Waals surface area contributed by atoms with E-state index in [9.17, 15) is 4.79 Å². The van der Waals surface area contributed by atoms with Gasteiger partial charge in [0.05, 0.1) is 5.56 Å². The highest BCUT2D eigenvalue weighted by Gasteiger charge is 2.22. The largest absolute Gasteiger partial charge is 0.356 e. The molecule has 1 aromatic rings. The molecule has 1 saturated heterocycles. The molecule has 2 heterocycles. The summed E-state index contributed by atoms with van der Waals surface area (Å²) in [5.74, 6) is 1.62. The van der Waals surface area contributed by atoms with Gasteiger partial charge < -0.3 is 15.5 Å². The van der Waals surface area contributed by atoms with Crippen molar-refractivity contribution in [2.45, 2.75) is 12.8 Å². The Hall–Kier alpha value is -1.62. The van der Waals surface area contributed by atoms with Crippen molar-refractivity contribution in [3.05, 3.63) is 23.9 Å². The third-order valence-electron chi connectivity index (χ3n) is 3.59. The Morgan fingerprint density at radius 1 is 1.53 bits per heavy atom. The zero-order chi connectivity index (χ0) is 13.8. The van der Waals surface area contributed by atoms with Crippen molar-refractivity contribution in [3.8, 4) is 0 Å². The SMILES string of the molecule is CN(C)C(=O)c1ccc(N2CCC(CCN)C2)nc1. The van der Waals surface area contributed by atoms with Crippen LogP contribution in [-0.2, 0) is 0 Å². The number of carbonyl (C=O) groups is 1. The number of hydrogen-bond donors (Lipinski definition) is 1. The third kappa shape index (κ3) is 3.23. The van der Waals surface area contributed by atoms with Gasteiger partial charge in [-0.2, -0.15) is 0 Å². The van der Waals surface area contributed by atoms with Gasteiger partial charge in [-0.05, 0) is 37.4 Å². The Morgan fingerprint density at radius 2 is 2.32 bits per heavy atom. The Balaban J connectivity index is 2.01. The fraction of sp³-hybridized carbons (Fsp3) is 0.571. The summed E-state index contributed by atoms with van der Waals surface area (Å²) in [6.45, 7) is 2.80. The lowest BCUT2D eigenvalue weighted by Crippen LogP contribution is -2.23. The minimum absolute atomic E-state index is 0.0125. The van der Waals surface area contributed by atoms with Gasteiger partial charge in [0.25, 0.3) is 5.91 Å². The first-order valence-electron chi connectivity index (χ1n) is 6.74. The van der Waals surface area contributed by atoms with Crippen LogP contribution in [0.25, 0.3) is 0 Å².